The van der Waals surface area contributed by atoms with Crippen molar-refractivity contribution in [2.24, 2.45) is 0 Å². The second kappa shape index (κ2) is 6.07. The zero-order valence-corrected chi connectivity index (χ0v) is 15.2. The molecule has 0 saturated carbocycles. The van der Waals surface area contributed by atoms with Crippen molar-refractivity contribution in [1.82, 2.24) is 4.90 Å². The van der Waals surface area contributed by atoms with E-state index in [1.807, 2.05) is 45.9 Å². The van der Waals surface area contributed by atoms with Gasteiger partial charge in [-0.05, 0) is 65.3 Å². The second-order valence-corrected chi connectivity index (χ2v) is 7.90. The first-order valence-electron chi connectivity index (χ1n) is 8.56. The molecule has 1 unspecified atom stereocenters. The van der Waals surface area contributed by atoms with Gasteiger partial charge in [-0.1, -0.05) is 6.07 Å². The second-order valence-electron chi connectivity index (χ2n) is 7.90. The summed E-state index contributed by atoms with van der Waals surface area (Å²) in [4.78, 5) is 2.29. The van der Waals surface area contributed by atoms with Crippen molar-refractivity contribution in [2.45, 2.75) is 51.4 Å². The number of rotatable bonds is 3. The predicted molar refractivity (Wildman–Crippen MR) is 96.4 cm³/mol. The smallest absolute Gasteiger partial charge is 0.399 e. The summed E-state index contributed by atoms with van der Waals surface area (Å²) in [5.41, 5.74) is 1.65. The van der Waals surface area contributed by atoms with Gasteiger partial charge in [-0.2, -0.15) is 5.26 Å². The van der Waals surface area contributed by atoms with Gasteiger partial charge in [0, 0.05) is 12.6 Å². The van der Waals surface area contributed by atoms with Crippen LogP contribution < -0.4 is 10.8 Å². The molecule has 1 aromatic carbocycles. The molecular weight excluding hydrogens is 301 g/mol. The van der Waals surface area contributed by atoms with Crippen LogP contribution in [0, 0.1) is 11.3 Å². The average Bonchev–Trinajstić information content (AvgIpc) is 3.00. The summed E-state index contributed by atoms with van der Waals surface area (Å²) < 4.78 is 12.2. The monoisotopic (exact) mass is 327 g/mol. The first-order valence-corrected chi connectivity index (χ1v) is 8.56. The third-order valence-corrected chi connectivity index (χ3v) is 5.44. The molecule has 0 spiro atoms. The van der Waals surface area contributed by atoms with Gasteiger partial charge in [-0.3, -0.25) is 0 Å². The maximum Gasteiger partial charge on any atom is 0.494 e. The largest absolute Gasteiger partial charge is 0.494 e. The van der Waals surface area contributed by atoms with Crippen LogP contribution in [0.1, 0.15) is 39.7 Å². The highest BCUT2D eigenvalue weighted by molar-refractivity contribution is 6.62. The molecule has 2 aliphatic heterocycles. The molecule has 0 amide bonds. The molecule has 0 aromatic heterocycles. The lowest BCUT2D eigenvalue weighted by molar-refractivity contribution is 0.00578. The highest BCUT2D eigenvalue weighted by atomic mass is 16.7. The molecule has 1 aromatic rings. The third-order valence-electron chi connectivity index (χ3n) is 5.44. The van der Waals surface area contributed by atoms with Crippen LogP contribution in [0.3, 0.4) is 0 Å². The fourth-order valence-corrected chi connectivity index (χ4v) is 3.18. The maximum atomic E-state index is 9.53. The van der Waals surface area contributed by atoms with Gasteiger partial charge in [-0.15, -0.1) is 0 Å². The molecule has 6 heteroatoms. The molecule has 128 valence electrons. The summed E-state index contributed by atoms with van der Waals surface area (Å²) in [6, 6.07) is 8.53. The fourth-order valence-electron chi connectivity index (χ4n) is 3.18. The molecule has 3 rings (SSSR count). The van der Waals surface area contributed by atoms with E-state index in [0.29, 0.717) is 11.6 Å². The van der Waals surface area contributed by atoms with Crippen molar-refractivity contribution in [3.8, 4) is 6.07 Å². The molecule has 1 N–H and O–H groups in total. The minimum absolute atomic E-state index is 0.379. The van der Waals surface area contributed by atoms with Gasteiger partial charge in [0.1, 0.15) is 6.07 Å². The lowest BCUT2D eigenvalue weighted by Gasteiger charge is -2.32. The third kappa shape index (κ3) is 3.17. The Morgan fingerprint density at radius 3 is 2.46 bits per heavy atom. The number of hydrogen-bond acceptors (Lipinski definition) is 5. The summed E-state index contributed by atoms with van der Waals surface area (Å²) in [6.07, 6.45) is 1.10. The molecule has 0 radical (unpaired) electrons. The van der Waals surface area contributed by atoms with Gasteiger partial charge in [0.25, 0.3) is 0 Å². The SMILES string of the molecule is CN1CCC(Nc2ccc(B3OC(C)(C)C(C)(C)O3)cc2C#N)C1. The lowest BCUT2D eigenvalue weighted by atomic mass is 9.78. The van der Waals surface area contributed by atoms with E-state index in [4.69, 9.17) is 9.31 Å². The Bertz CT molecular complexity index is 653. The number of benzene rings is 1. The summed E-state index contributed by atoms with van der Waals surface area (Å²) in [7, 11) is 1.68. The van der Waals surface area contributed by atoms with Gasteiger partial charge >= 0.3 is 7.12 Å². The molecule has 0 aliphatic carbocycles. The van der Waals surface area contributed by atoms with E-state index in [1.165, 1.54) is 0 Å². The number of likely N-dealkylation sites (tertiary alicyclic amines) is 1. The van der Waals surface area contributed by atoms with E-state index in [0.717, 1.165) is 30.7 Å². The van der Waals surface area contributed by atoms with Crippen molar-refractivity contribution in [3.63, 3.8) is 0 Å². The van der Waals surface area contributed by atoms with Crippen LogP contribution in [0.2, 0.25) is 0 Å². The standard InChI is InChI=1S/C18H26BN3O2/c1-17(2)18(3,4)24-19(23-17)14-6-7-16(13(10-14)11-20)21-15-8-9-22(5)12-15/h6-7,10,15,21H,8-9,12H2,1-5H3. The number of hydrogen-bond donors (Lipinski definition) is 1. The molecule has 1 atom stereocenters. The Balaban J connectivity index is 1.79. The van der Waals surface area contributed by atoms with Crippen LogP contribution in [-0.2, 0) is 9.31 Å². The number of likely N-dealkylation sites (N-methyl/N-ethyl adjacent to an activating group) is 1. The molecule has 2 saturated heterocycles. The molecule has 2 aliphatic rings. The van der Waals surface area contributed by atoms with E-state index < -0.39 is 7.12 Å². The van der Waals surface area contributed by atoms with E-state index in [-0.39, 0.29) is 11.2 Å². The highest BCUT2D eigenvalue weighted by Crippen LogP contribution is 2.36. The van der Waals surface area contributed by atoms with Crippen molar-refractivity contribution >= 4 is 18.3 Å². The molecule has 0 bridgehead atoms. The van der Waals surface area contributed by atoms with Gasteiger partial charge in [0.15, 0.2) is 0 Å². The minimum Gasteiger partial charge on any atom is -0.399 e. The van der Waals surface area contributed by atoms with E-state index in [9.17, 15) is 5.26 Å². The van der Waals surface area contributed by atoms with Gasteiger partial charge in [-0.25, -0.2) is 0 Å². The molecule has 24 heavy (non-hydrogen) atoms. The van der Waals surface area contributed by atoms with Crippen LogP contribution in [0.15, 0.2) is 18.2 Å². The van der Waals surface area contributed by atoms with Crippen LogP contribution in [0.5, 0.6) is 0 Å². The van der Waals surface area contributed by atoms with Crippen LogP contribution in [0.25, 0.3) is 0 Å². The fraction of sp³-hybridized carbons (Fsp3) is 0.611. The summed E-state index contributed by atoms with van der Waals surface area (Å²) in [6.45, 7) is 10.2. The quantitative estimate of drug-likeness (QED) is 0.860. The van der Waals surface area contributed by atoms with Crippen LogP contribution in [-0.4, -0.2) is 49.4 Å². The Morgan fingerprint density at radius 1 is 1.25 bits per heavy atom. The first-order chi connectivity index (χ1) is 11.2. The van der Waals surface area contributed by atoms with Gasteiger partial charge < -0.3 is 19.5 Å². The Morgan fingerprint density at radius 2 is 1.92 bits per heavy atom. The van der Waals surface area contributed by atoms with Crippen LogP contribution >= 0.6 is 0 Å². The number of nitrogens with one attached hydrogen (secondary N) is 1. The molecular formula is C18H26BN3O2. The zero-order chi connectivity index (χ0) is 17.5. The van der Waals surface area contributed by atoms with Gasteiger partial charge in [0.05, 0.1) is 22.5 Å². The van der Waals surface area contributed by atoms with Crippen molar-refractivity contribution in [3.05, 3.63) is 23.8 Å². The van der Waals surface area contributed by atoms with Gasteiger partial charge in [0.2, 0.25) is 0 Å². The Labute approximate surface area is 145 Å². The normalized spacial score (nSPS) is 25.7. The molecule has 2 heterocycles. The van der Waals surface area contributed by atoms with Crippen LogP contribution in [0.4, 0.5) is 5.69 Å². The zero-order valence-electron chi connectivity index (χ0n) is 15.2. The maximum absolute atomic E-state index is 9.53. The van der Waals surface area contributed by atoms with Crippen molar-refractivity contribution < 1.29 is 9.31 Å². The summed E-state index contributed by atoms with van der Waals surface area (Å²) in [5.74, 6) is 0. The van der Waals surface area contributed by atoms with E-state index >= 15 is 0 Å². The number of nitrogens with zero attached hydrogens (tertiary/aromatic N) is 2. The summed E-state index contributed by atoms with van der Waals surface area (Å²) >= 11 is 0. The minimum atomic E-state index is -0.436. The van der Waals surface area contributed by atoms with E-state index in [1.54, 1.807) is 0 Å². The number of anilines is 1. The Kier molecular flexibility index (Phi) is 4.37. The Hall–Kier alpha value is -1.55. The van der Waals surface area contributed by atoms with Crippen molar-refractivity contribution in [1.29, 1.82) is 5.26 Å². The highest BCUT2D eigenvalue weighted by Gasteiger charge is 2.51. The molecule has 2 fully saturated rings. The lowest BCUT2D eigenvalue weighted by Crippen LogP contribution is -2.41. The predicted octanol–water partition coefficient (Wildman–Crippen LogP) is 1.97. The summed E-state index contributed by atoms with van der Waals surface area (Å²) in [5, 5.41) is 13.0. The van der Waals surface area contributed by atoms with E-state index in [2.05, 4.69) is 23.3 Å². The molecule has 5 nitrogen and oxygen atoms in total. The first kappa shape index (κ1) is 17.3. The topological polar surface area (TPSA) is 57.5 Å². The average molecular weight is 327 g/mol. The number of nitriles is 1. The van der Waals surface area contributed by atoms with Crippen molar-refractivity contribution in [2.75, 3.05) is 25.5 Å².